The molecule has 2 aromatic rings. The van der Waals surface area contributed by atoms with Crippen LogP contribution in [0.1, 0.15) is 33.1 Å². The van der Waals surface area contributed by atoms with Crippen LogP contribution >= 0.6 is 0 Å². The van der Waals surface area contributed by atoms with Gasteiger partial charge in [0.15, 0.2) is 18.1 Å². The number of hydrogen-bond acceptors (Lipinski definition) is 8. The van der Waals surface area contributed by atoms with Crippen molar-refractivity contribution in [2.24, 2.45) is 0 Å². The monoisotopic (exact) mass is 354 g/mol. The molecule has 136 valence electrons. The number of hydrogen-bond donors (Lipinski definition) is 1. The highest BCUT2D eigenvalue weighted by Crippen LogP contribution is 2.30. The smallest absolute Gasteiger partial charge is 0.153 e. The zero-order valence-electron chi connectivity index (χ0n) is 14.9. The normalized spacial score (nSPS) is 25.8. The van der Waals surface area contributed by atoms with Crippen LogP contribution < -0.4 is 15.3 Å². The molecule has 0 saturated carbocycles. The van der Waals surface area contributed by atoms with E-state index in [2.05, 4.69) is 44.5 Å². The molecule has 3 atom stereocenters. The van der Waals surface area contributed by atoms with E-state index in [4.69, 9.17) is 0 Å². The second kappa shape index (κ2) is 6.74. The van der Waals surface area contributed by atoms with Gasteiger partial charge in [-0.1, -0.05) is 5.21 Å². The molecule has 1 saturated heterocycles. The van der Waals surface area contributed by atoms with Crippen LogP contribution in [-0.4, -0.2) is 49.4 Å². The SMILES string of the molecule is CC1CCCC(C)N1c1cc(N2NC=C(n3ccnn3)C2C=O)ncn1. The fraction of sp³-hybridized carbons (Fsp3) is 0.471. The van der Waals surface area contributed by atoms with Crippen molar-refractivity contribution in [2.45, 2.75) is 51.2 Å². The van der Waals surface area contributed by atoms with E-state index in [-0.39, 0.29) is 0 Å². The number of carbonyl (C=O) groups excluding carboxylic acids is 1. The van der Waals surface area contributed by atoms with Gasteiger partial charge in [0.2, 0.25) is 0 Å². The third kappa shape index (κ3) is 2.79. The summed E-state index contributed by atoms with van der Waals surface area (Å²) in [6.07, 6.45) is 11.0. The molecular formula is C17H22N8O. The third-order valence-corrected chi connectivity index (χ3v) is 5.09. The summed E-state index contributed by atoms with van der Waals surface area (Å²) < 4.78 is 1.57. The maximum Gasteiger partial charge on any atom is 0.153 e. The zero-order valence-corrected chi connectivity index (χ0v) is 14.9. The molecule has 1 fully saturated rings. The Morgan fingerprint density at radius 1 is 1.19 bits per heavy atom. The van der Waals surface area contributed by atoms with Crippen molar-refractivity contribution in [1.82, 2.24) is 30.4 Å². The van der Waals surface area contributed by atoms with Gasteiger partial charge in [0.05, 0.1) is 18.1 Å². The summed E-state index contributed by atoms with van der Waals surface area (Å²) in [6, 6.07) is 2.24. The molecular weight excluding hydrogens is 332 g/mol. The minimum absolute atomic E-state index is 0.429. The molecule has 1 N–H and O–H groups in total. The van der Waals surface area contributed by atoms with E-state index in [0.717, 1.165) is 24.9 Å². The second-order valence-electron chi connectivity index (χ2n) is 6.77. The van der Waals surface area contributed by atoms with Crippen molar-refractivity contribution < 1.29 is 4.79 Å². The maximum absolute atomic E-state index is 11.7. The highest BCUT2D eigenvalue weighted by molar-refractivity contribution is 5.83. The Hall–Kier alpha value is -2.97. The van der Waals surface area contributed by atoms with E-state index in [0.29, 0.717) is 23.6 Å². The largest absolute Gasteiger partial charge is 0.351 e. The van der Waals surface area contributed by atoms with Crippen LogP contribution in [0.25, 0.3) is 5.70 Å². The molecule has 0 bridgehead atoms. The number of hydrazine groups is 1. The molecule has 2 aliphatic rings. The van der Waals surface area contributed by atoms with E-state index in [1.165, 1.54) is 6.42 Å². The van der Waals surface area contributed by atoms with Gasteiger partial charge in [-0.3, -0.25) is 5.01 Å². The standard InChI is InChI=1S/C17H22N8O/c1-12-4-3-5-13(2)24(12)16-8-17(19-11-18-16)25-15(10-26)14(9-21-25)23-7-6-20-22-23/h6-13,15,21H,3-5H2,1-2H3. The Morgan fingerprint density at radius 3 is 2.65 bits per heavy atom. The Balaban J connectivity index is 1.62. The van der Waals surface area contributed by atoms with Crippen LogP contribution in [0.2, 0.25) is 0 Å². The van der Waals surface area contributed by atoms with Gasteiger partial charge in [-0.05, 0) is 33.1 Å². The van der Waals surface area contributed by atoms with Gasteiger partial charge in [0.1, 0.15) is 12.1 Å². The van der Waals surface area contributed by atoms with Crippen molar-refractivity contribution in [1.29, 1.82) is 0 Å². The summed E-state index contributed by atoms with van der Waals surface area (Å²) in [7, 11) is 0. The fourth-order valence-corrected chi connectivity index (χ4v) is 3.80. The first-order valence-corrected chi connectivity index (χ1v) is 8.87. The lowest BCUT2D eigenvalue weighted by Gasteiger charge is -2.40. The van der Waals surface area contributed by atoms with Crippen molar-refractivity contribution in [3.05, 3.63) is 31.0 Å². The van der Waals surface area contributed by atoms with Gasteiger partial charge < -0.3 is 15.1 Å². The quantitative estimate of drug-likeness (QED) is 0.820. The van der Waals surface area contributed by atoms with Crippen LogP contribution in [0.15, 0.2) is 31.0 Å². The summed E-state index contributed by atoms with van der Waals surface area (Å²) in [6.45, 7) is 4.45. The number of nitrogens with one attached hydrogen (secondary N) is 1. The van der Waals surface area contributed by atoms with Gasteiger partial charge in [0.25, 0.3) is 0 Å². The van der Waals surface area contributed by atoms with E-state index in [9.17, 15) is 4.79 Å². The molecule has 4 rings (SSSR count). The number of carbonyl (C=O) groups is 1. The lowest BCUT2D eigenvalue weighted by atomic mass is 9.97. The highest BCUT2D eigenvalue weighted by atomic mass is 16.1. The molecule has 2 aromatic heterocycles. The minimum Gasteiger partial charge on any atom is -0.351 e. The first kappa shape index (κ1) is 16.5. The molecule has 0 aliphatic carbocycles. The second-order valence-corrected chi connectivity index (χ2v) is 6.77. The van der Waals surface area contributed by atoms with Crippen molar-refractivity contribution >= 4 is 23.6 Å². The Kier molecular flexibility index (Phi) is 4.27. The molecule has 0 radical (unpaired) electrons. The minimum atomic E-state index is -0.546. The van der Waals surface area contributed by atoms with Crippen LogP contribution in [0, 0.1) is 0 Å². The zero-order chi connectivity index (χ0) is 18.1. The topological polar surface area (TPSA) is 92.1 Å². The average molecular weight is 354 g/mol. The Bertz CT molecular complexity index is 795. The molecule has 9 nitrogen and oxygen atoms in total. The summed E-state index contributed by atoms with van der Waals surface area (Å²) in [5.41, 5.74) is 3.80. The predicted molar refractivity (Wildman–Crippen MR) is 97.0 cm³/mol. The summed E-state index contributed by atoms with van der Waals surface area (Å²) in [5.74, 6) is 1.53. The average Bonchev–Trinajstić information content (AvgIpc) is 3.31. The van der Waals surface area contributed by atoms with Crippen LogP contribution in [0.5, 0.6) is 0 Å². The molecule has 4 heterocycles. The van der Waals surface area contributed by atoms with Crippen molar-refractivity contribution in [3.8, 4) is 0 Å². The summed E-state index contributed by atoms with van der Waals surface area (Å²) >= 11 is 0. The van der Waals surface area contributed by atoms with E-state index in [1.807, 2.05) is 6.07 Å². The number of aldehydes is 1. The van der Waals surface area contributed by atoms with Gasteiger partial charge in [0, 0.05) is 24.4 Å². The van der Waals surface area contributed by atoms with E-state index >= 15 is 0 Å². The van der Waals surface area contributed by atoms with Gasteiger partial charge >= 0.3 is 0 Å². The maximum atomic E-state index is 11.7. The van der Waals surface area contributed by atoms with E-state index in [1.54, 1.807) is 34.6 Å². The molecule has 0 amide bonds. The number of nitrogens with zero attached hydrogens (tertiary/aromatic N) is 7. The Morgan fingerprint density at radius 2 is 1.96 bits per heavy atom. The molecule has 26 heavy (non-hydrogen) atoms. The molecule has 3 unspecified atom stereocenters. The Labute approximate surface area is 151 Å². The summed E-state index contributed by atoms with van der Waals surface area (Å²) in [4.78, 5) is 22.9. The van der Waals surface area contributed by atoms with Crippen molar-refractivity contribution in [3.63, 3.8) is 0 Å². The summed E-state index contributed by atoms with van der Waals surface area (Å²) in [5, 5.41) is 9.49. The number of piperidine rings is 1. The predicted octanol–water partition coefficient (Wildman–Crippen LogP) is 1.23. The lowest BCUT2D eigenvalue weighted by Crippen LogP contribution is -2.45. The van der Waals surface area contributed by atoms with E-state index < -0.39 is 6.04 Å². The first-order chi connectivity index (χ1) is 12.7. The fourth-order valence-electron chi connectivity index (χ4n) is 3.80. The van der Waals surface area contributed by atoms with Crippen LogP contribution in [0.3, 0.4) is 0 Å². The number of anilines is 2. The number of aromatic nitrogens is 5. The van der Waals surface area contributed by atoms with Gasteiger partial charge in [-0.2, -0.15) is 0 Å². The number of rotatable bonds is 4. The molecule has 2 aliphatic heterocycles. The van der Waals surface area contributed by atoms with Gasteiger partial charge in [-0.25, -0.2) is 14.6 Å². The lowest BCUT2D eigenvalue weighted by molar-refractivity contribution is -0.108. The van der Waals surface area contributed by atoms with Gasteiger partial charge in [-0.15, -0.1) is 5.10 Å². The molecule has 0 spiro atoms. The first-order valence-electron chi connectivity index (χ1n) is 8.87. The van der Waals surface area contributed by atoms with Crippen LogP contribution in [0.4, 0.5) is 11.6 Å². The molecule has 0 aromatic carbocycles. The third-order valence-electron chi connectivity index (χ3n) is 5.09. The molecule has 9 heteroatoms. The highest BCUT2D eigenvalue weighted by Gasteiger charge is 2.32. The van der Waals surface area contributed by atoms with Crippen molar-refractivity contribution in [2.75, 3.05) is 9.91 Å². The van der Waals surface area contributed by atoms with Crippen LogP contribution in [-0.2, 0) is 4.79 Å².